The second-order valence-corrected chi connectivity index (χ2v) is 7.45. The van der Waals surface area contributed by atoms with Crippen LogP contribution in [0.25, 0.3) is 0 Å². The zero-order valence-corrected chi connectivity index (χ0v) is 14.6. The van der Waals surface area contributed by atoms with Crippen molar-refractivity contribution in [2.24, 2.45) is 11.8 Å². The molecular weight excluding hydrogens is 302 g/mol. The third kappa shape index (κ3) is 3.33. The Bertz CT molecular complexity index is 640. The first-order valence-corrected chi connectivity index (χ1v) is 9.08. The summed E-state index contributed by atoms with van der Waals surface area (Å²) in [4.78, 5) is 26.4. The van der Waals surface area contributed by atoms with Crippen molar-refractivity contribution < 1.29 is 14.7 Å². The molecule has 1 saturated heterocycles. The number of carbonyl (C=O) groups is 2. The molecule has 0 aromatic heterocycles. The maximum Gasteiger partial charge on any atom is 0.306 e. The van der Waals surface area contributed by atoms with Crippen LogP contribution in [0, 0.1) is 25.7 Å². The zero-order chi connectivity index (χ0) is 17.3. The normalized spacial score (nSPS) is 27.2. The average molecular weight is 329 g/mol. The monoisotopic (exact) mass is 329 g/mol. The van der Waals surface area contributed by atoms with Crippen molar-refractivity contribution in [1.82, 2.24) is 4.90 Å². The van der Waals surface area contributed by atoms with Crippen molar-refractivity contribution in [2.75, 3.05) is 6.54 Å². The average Bonchev–Trinajstić information content (AvgIpc) is 3.05. The van der Waals surface area contributed by atoms with E-state index in [9.17, 15) is 14.7 Å². The molecule has 2 fully saturated rings. The summed E-state index contributed by atoms with van der Waals surface area (Å²) in [6.45, 7) is 4.99. The highest BCUT2D eigenvalue weighted by Crippen LogP contribution is 2.38. The highest BCUT2D eigenvalue weighted by Gasteiger charge is 2.38. The molecule has 3 rings (SSSR count). The predicted molar refractivity (Wildman–Crippen MR) is 92.7 cm³/mol. The van der Waals surface area contributed by atoms with Crippen LogP contribution in [0.2, 0.25) is 0 Å². The van der Waals surface area contributed by atoms with Gasteiger partial charge < -0.3 is 10.0 Å². The van der Waals surface area contributed by atoms with E-state index < -0.39 is 5.97 Å². The number of carbonyl (C=O) groups excluding carboxylic acids is 1. The Kier molecular flexibility index (Phi) is 4.93. The van der Waals surface area contributed by atoms with Gasteiger partial charge in [0, 0.05) is 12.5 Å². The van der Waals surface area contributed by atoms with Gasteiger partial charge in [-0.2, -0.15) is 0 Å². The van der Waals surface area contributed by atoms with Crippen molar-refractivity contribution >= 4 is 11.9 Å². The highest BCUT2D eigenvalue weighted by atomic mass is 16.4. The molecule has 1 N–H and O–H groups in total. The molecule has 1 aromatic carbocycles. The lowest BCUT2D eigenvalue weighted by molar-refractivity contribution is -0.145. The van der Waals surface area contributed by atoms with Gasteiger partial charge in [0.15, 0.2) is 0 Å². The highest BCUT2D eigenvalue weighted by molar-refractivity contribution is 5.81. The summed E-state index contributed by atoms with van der Waals surface area (Å²) in [6.07, 6.45) is 4.92. The van der Waals surface area contributed by atoms with Gasteiger partial charge in [-0.05, 0) is 57.1 Å². The van der Waals surface area contributed by atoms with Crippen molar-refractivity contribution in [3.63, 3.8) is 0 Å². The SMILES string of the molecule is Cc1ccc(C)c(C2CCCN2C(=O)C2CCCC(C(=O)O)C2)c1. The fraction of sp³-hybridized carbons (Fsp3) is 0.600. The largest absolute Gasteiger partial charge is 0.481 e. The molecule has 1 aliphatic carbocycles. The maximum absolute atomic E-state index is 13.1. The molecule has 0 bridgehead atoms. The van der Waals surface area contributed by atoms with E-state index in [-0.39, 0.29) is 23.8 Å². The number of nitrogens with zero attached hydrogens (tertiary/aromatic N) is 1. The van der Waals surface area contributed by atoms with Crippen molar-refractivity contribution in [2.45, 2.75) is 58.4 Å². The van der Waals surface area contributed by atoms with Gasteiger partial charge in [0.05, 0.1) is 12.0 Å². The van der Waals surface area contributed by atoms with E-state index in [0.717, 1.165) is 32.2 Å². The molecule has 1 saturated carbocycles. The van der Waals surface area contributed by atoms with Gasteiger partial charge in [-0.15, -0.1) is 0 Å². The third-order valence-corrected chi connectivity index (χ3v) is 5.70. The van der Waals surface area contributed by atoms with Crippen molar-refractivity contribution in [3.05, 3.63) is 34.9 Å². The van der Waals surface area contributed by atoms with Crippen LogP contribution in [0.15, 0.2) is 18.2 Å². The summed E-state index contributed by atoms with van der Waals surface area (Å²) in [6, 6.07) is 6.60. The molecule has 4 heteroatoms. The van der Waals surface area contributed by atoms with E-state index >= 15 is 0 Å². The Labute approximate surface area is 143 Å². The Morgan fingerprint density at radius 2 is 1.83 bits per heavy atom. The van der Waals surface area contributed by atoms with E-state index in [1.54, 1.807) is 0 Å². The number of carboxylic acid groups (broad SMARTS) is 1. The standard InChI is InChI=1S/C20H27NO3/c1-13-8-9-14(2)17(11-13)18-7-4-10-21(18)19(22)15-5-3-6-16(12-15)20(23)24/h8-9,11,15-16,18H,3-7,10,12H2,1-2H3,(H,23,24). The van der Waals surface area contributed by atoms with Crippen molar-refractivity contribution in [3.8, 4) is 0 Å². The lowest BCUT2D eigenvalue weighted by Crippen LogP contribution is -2.39. The van der Waals surface area contributed by atoms with Crippen LogP contribution in [-0.2, 0) is 9.59 Å². The molecule has 2 aliphatic rings. The van der Waals surface area contributed by atoms with Gasteiger partial charge >= 0.3 is 5.97 Å². The summed E-state index contributed by atoms with van der Waals surface area (Å²) < 4.78 is 0. The summed E-state index contributed by atoms with van der Waals surface area (Å²) in [5.74, 6) is -1.05. The van der Waals surface area contributed by atoms with E-state index in [1.165, 1.54) is 16.7 Å². The number of carboxylic acids is 1. The number of hydrogen-bond donors (Lipinski definition) is 1. The van der Waals surface area contributed by atoms with E-state index in [4.69, 9.17) is 0 Å². The minimum atomic E-state index is -0.750. The number of aryl methyl sites for hydroxylation is 2. The predicted octanol–water partition coefficient (Wildman–Crippen LogP) is 3.86. The van der Waals surface area contributed by atoms with E-state index in [2.05, 4.69) is 32.0 Å². The first-order chi connectivity index (χ1) is 11.5. The van der Waals surface area contributed by atoms with Crippen LogP contribution >= 0.6 is 0 Å². The Balaban J connectivity index is 1.78. The maximum atomic E-state index is 13.1. The first-order valence-electron chi connectivity index (χ1n) is 9.08. The molecule has 4 nitrogen and oxygen atoms in total. The molecule has 130 valence electrons. The van der Waals surface area contributed by atoms with E-state index in [0.29, 0.717) is 12.8 Å². The van der Waals surface area contributed by atoms with Gasteiger partial charge in [-0.25, -0.2) is 0 Å². The van der Waals surface area contributed by atoms with Crippen LogP contribution in [0.4, 0.5) is 0 Å². The fourth-order valence-corrected chi connectivity index (χ4v) is 4.35. The Hall–Kier alpha value is -1.84. The smallest absolute Gasteiger partial charge is 0.306 e. The van der Waals surface area contributed by atoms with Crippen LogP contribution in [-0.4, -0.2) is 28.4 Å². The lowest BCUT2D eigenvalue weighted by atomic mass is 9.80. The Morgan fingerprint density at radius 3 is 2.58 bits per heavy atom. The molecular formula is C20H27NO3. The summed E-state index contributed by atoms with van der Waals surface area (Å²) in [5.41, 5.74) is 3.71. The van der Waals surface area contributed by atoms with Crippen LogP contribution in [0.1, 0.15) is 61.3 Å². The van der Waals surface area contributed by atoms with Gasteiger partial charge in [-0.3, -0.25) is 9.59 Å². The number of rotatable bonds is 3. The molecule has 3 atom stereocenters. The molecule has 1 aliphatic heterocycles. The molecule has 1 amide bonds. The second-order valence-electron chi connectivity index (χ2n) is 7.45. The number of amides is 1. The summed E-state index contributed by atoms with van der Waals surface area (Å²) >= 11 is 0. The van der Waals surface area contributed by atoms with Gasteiger partial charge in [-0.1, -0.05) is 30.2 Å². The van der Waals surface area contributed by atoms with E-state index in [1.807, 2.05) is 4.90 Å². The molecule has 1 heterocycles. The molecule has 3 unspecified atom stereocenters. The van der Waals surface area contributed by atoms with Gasteiger partial charge in [0.1, 0.15) is 0 Å². The van der Waals surface area contributed by atoms with Gasteiger partial charge in [0.2, 0.25) is 5.91 Å². The number of benzene rings is 1. The first kappa shape index (κ1) is 17.0. The summed E-state index contributed by atoms with van der Waals surface area (Å²) in [5, 5.41) is 9.28. The lowest BCUT2D eigenvalue weighted by Gasteiger charge is -2.33. The number of likely N-dealkylation sites (tertiary alicyclic amines) is 1. The minimum Gasteiger partial charge on any atom is -0.481 e. The summed E-state index contributed by atoms with van der Waals surface area (Å²) in [7, 11) is 0. The number of aliphatic carboxylic acids is 1. The fourth-order valence-electron chi connectivity index (χ4n) is 4.35. The zero-order valence-electron chi connectivity index (χ0n) is 14.6. The Morgan fingerprint density at radius 1 is 1.08 bits per heavy atom. The molecule has 0 radical (unpaired) electrons. The topological polar surface area (TPSA) is 57.6 Å². The molecule has 1 aromatic rings. The van der Waals surface area contributed by atoms with Crippen molar-refractivity contribution in [1.29, 1.82) is 0 Å². The number of hydrogen-bond acceptors (Lipinski definition) is 2. The molecule has 0 spiro atoms. The molecule has 24 heavy (non-hydrogen) atoms. The van der Waals surface area contributed by atoms with Crippen LogP contribution in [0.3, 0.4) is 0 Å². The quantitative estimate of drug-likeness (QED) is 0.916. The minimum absolute atomic E-state index is 0.120. The van der Waals surface area contributed by atoms with Crippen LogP contribution < -0.4 is 0 Å². The second kappa shape index (κ2) is 6.96. The third-order valence-electron chi connectivity index (χ3n) is 5.70. The van der Waals surface area contributed by atoms with Crippen LogP contribution in [0.5, 0.6) is 0 Å². The van der Waals surface area contributed by atoms with Gasteiger partial charge in [0.25, 0.3) is 0 Å².